The maximum Gasteiger partial charge on any atom is 0.00827 e. The Morgan fingerprint density at radius 1 is 0.765 bits per heavy atom. The van der Waals surface area contributed by atoms with Crippen LogP contribution in [0.2, 0.25) is 0 Å². The Labute approximate surface area is 113 Å². The first-order chi connectivity index (χ1) is 8.29. The van der Waals surface area contributed by atoms with Crippen LogP contribution in [0.4, 0.5) is 0 Å². The van der Waals surface area contributed by atoms with Gasteiger partial charge in [0.25, 0.3) is 0 Å². The molecule has 0 spiro atoms. The summed E-state index contributed by atoms with van der Waals surface area (Å²) in [5, 5.41) is 0. The highest BCUT2D eigenvalue weighted by Gasteiger charge is 2.15. The highest BCUT2D eigenvalue weighted by Crippen LogP contribution is 2.32. The lowest BCUT2D eigenvalue weighted by Crippen LogP contribution is -1.98. The molecule has 0 atom stereocenters. The van der Waals surface area contributed by atoms with E-state index in [0.717, 1.165) is 0 Å². The van der Waals surface area contributed by atoms with E-state index in [1.807, 2.05) is 52.9 Å². The van der Waals surface area contributed by atoms with Crippen LogP contribution < -0.4 is 0 Å². The molecular formula is C16H32S. The van der Waals surface area contributed by atoms with Gasteiger partial charge in [0.1, 0.15) is 0 Å². The molecule has 102 valence electrons. The molecular weight excluding hydrogens is 224 g/mol. The summed E-state index contributed by atoms with van der Waals surface area (Å²) in [7, 11) is 0. The zero-order valence-corrected chi connectivity index (χ0v) is 14.1. The molecule has 1 aliphatic rings. The summed E-state index contributed by atoms with van der Waals surface area (Å²) in [5.41, 5.74) is 3.25. The maximum absolute atomic E-state index is 2.27. The van der Waals surface area contributed by atoms with Gasteiger partial charge in [-0.2, -0.15) is 0 Å². The summed E-state index contributed by atoms with van der Waals surface area (Å²) in [6.45, 7) is 16.5. The SMILES string of the molecule is CC.CC.CC.Cc1sc2c(c1C)CCCC2. The highest BCUT2D eigenvalue weighted by molar-refractivity contribution is 7.12. The number of aryl methyl sites for hydroxylation is 2. The molecule has 1 aliphatic carbocycles. The molecule has 2 rings (SSSR count). The van der Waals surface area contributed by atoms with Gasteiger partial charge in [-0.3, -0.25) is 0 Å². The molecule has 0 saturated heterocycles. The van der Waals surface area contributed by atoms with Crippen molar-refractivity contribution in [2.75, 3.05) is 0 Å². The van der Waals surface area contributed by atoms with Gasteiger partial charge < -0.3 is 0 Å². The standard InChI is InChI=1S/C10H14S.3C2H6/c1-7-8(2)11-10-6-4-3-5-9(7)10;3*1-2/h3-6H2,1-2H3;3*1-2H3. The zero-order valence-electron chi connectivity index (χ0n) is 13.2. The minimum Gasteiger partial charge on any atom is -0.145 e. The highest BCUT2D eigenvalue weighted by atomic mass is 32.1. The second-order valence-electron chi connectivity index (χ2n) is 3.39. The second-order valence-corrected chi connectivity index (χ2v) is 4.70. The predicted molar refractivity (Wildman–Crippen MR) is 84.5 cm³/mol. The van der Waals surface area contributed by atoms with E-state index in [1.165, 1.54) is 30.6 Å². The Morgan fingerprint density at radius 2 is 1.24 bits per heavy atom. The molecule has 0 fully saturated rings. The van der Waals surface area contributed by atoms with Gasteiger partial charge in [-0.25, -0.2) is 0 Å². The number of hydrogen-bond donors (Lipinski definition) is 0. The second kappa shape index (κ2) is 12.2. The molecule has 0 aliphatic heterocycles. The van der Waals surface area contributed by atoms with Crippen molar-refractivity contribution in [1.29, 1.82) is 0 Å². The summed E-state index contributed by atoms with van der Waals surface area (Å²) in [5.74, 6) is 0. The predicted octanol–water partition coefficient (Wildman–Crippen LogP) is 6.32. The largest absolute Gasteiger partial charge is 0.145 e. The maximum atomic E-state index is 2.27. The Kier molecular flexibility index (Phi) is 13.6. The zero-order chi connectivity index (χ0) is 13.8. The van der Waals surface area contributed by atoms with Crippen molar-refractivity contribution in [2.24, 2.45) is 0 Å². The Morgan fingerprint density at radius 3 is 1.71 bits per heavy atom. The summed E-state index contributed by atoms with van der Waals surface area (Å²) in [6, 6.07) is 0. The molecule has 17 heavy (non-hydrogen) atoms. The molecule has 0 radical (unpaired) electrons. The van der Waals surface area contributed by atoms with Crippen molar-refractivity contribution < 1.29 is 0 Å². The fraction of sp³-hybridized carbons (Fsp3) is 0.750. The first-order valence-electron chi connectivity index (χ1n) is 7.37. The van der Waals surface area contributed by atoms with Crippen LogP contribution in [-0.2, 0) is 12.8 Å². The van der Waals surface area contributed by atoms with E-state index in [1.54, 1.807) is 16.0 Å². The Bertz CT molecular complexity index is 271. The Hall–Kier alpha value is -0.300. The molecule has 0 aromatic carbocycles. The molecule has 0 amide bonds. The number of hydrogen-bond acceptors (Lipinski definition) is 1. The molecule has 0 unspecified atom stereocenters. The molecule has 0 nitrogen and oxygen atoms in total. The van der Waals surface area contributed by atoms with Gasteiger partial charge >= 0.3 is 0 Å². The van der Waals surface area contributed by atoms with Crippen LogP contribution in [-0.4, -0.2) is 0 Å². The van der Waals surface area contributed by atoms with E-state index in [2.05, 4.69) is 13.8 Å². The monoisotopic (exact) mass is 256 g/mol. The quantitative estimate of drug-likeness (QED) is 0.509. The first-order valence-corrected chi connectivity index (χ1v) is 8.18. The van der Waals surface area contributed by atoms with Gasteiger partial charge in [-0.1, -0.05) is 41.5 Å². The van der Waals surface area contributed by atoms with Gasteiger partial charge in [0, 0.05) is 9.75 Å². The van der Waals surface area contributed by atoms with Crippen molar-refractivity contribution in [3.63, 3.8) is 0 Å². The Balaban J connectivity index is 0. The van der Waals surface area contributed by atoms with E-state index >= 15 is 0 Å². The minimum absolute atomic E-state index is 1.34. The topological polar surface area (TPSA) is 0 Å². The van der Waals surface area contributed by atoms with Gasteiger partial charge in [-0.15, -0.1) is 11.3 Å². The van der Waals surface area contributed by atoms with E-state index < -0.39 is 0 Å². The molecule has 0 saturated carbocycles. The van der Waals surface area contributed by atoms with Gasteiger partial charge in [0.15, 0.2) is 0 Å². The van der Waals surface area contributed by atoms with Crippen LogP contribution in [0, 0.1) is 13.8 Å². The number of rotatable bonds is 0. The fourth-order valence-corrected chi connectivity index (χ4v) is 3.13. The average Bonchev–Trinajstić information content (AvgIpc) is 2.73. The van der Waals surface area contributed by atoms with Gasteiger partial charge in [0.2, 0.25) is 0 Å². The third-order valence-electron chi connectivity index (χ3n) is 2.67. The first kappa shape index (κ1) is 19.0. The normalized spacial score (nSPS) is 11.8. The minimum atomic E-state index is 1.34. The molecule has 1 heterocycles. The van der Waals surface area contributed by atoms with Crippen LogP contribution in [0.5, 0.6) is 0 Å². The summed E-state index contributed by atoms with van der Waals surface area (Å²) in [6.07, 6.45) is 5.50. The van der Waals surface area contributed by atoms with Gasteiger partial charge in [-0.05, 0) is 50.7 Å². The lowest BCUT2D eigenvalue weighted by atomic mass is 9.96. The van der Waals surface area contributed by atoms with Crippen molar-refractivity contribution in [2.45, 2.75) is 81.1 Å². The smallest absolute Gasteiger partial charge is 0.00827 e. The number of fused-ring (bicyclic) bond motifs is 1. The van der Waals surface area contributed by atoms with Crippen molar-refractivity contribution in [3.8, 4) is 0 Å². The summed E-state index contributed by atoms with van der Waals surface area (Å²) < 4.78 is 0. The summed E-state index contributed by atoms with van der Waals surface area (Å²) >= 11 is 2.02. The molecule has 1 heteroatoms. The number of thiophene rings is 1. The van der Waals surface area contributed by atoms with Crippen LogP contribution in [0.15, 0.2) is 0 Å². The van der Waals surface area contributed by atoms with Crippen LogP contribution in [0.1, 0.15) is 75.3 Å². The third kappa shape index (κ3) is 5.72. The van der Waals surface area contributed by atoms with E-state index in [0.29, 0.717) is 0 Å². The van der Waals surface area contributed by atoms with E-state index in [9.17, 15) is 0 Å². The van der Waals surface area contributed by atoms with Crippen molar-refractivity contribution in [1.82, 2.24) is 0 Å². The lowest BCUT2D eigenvalue weighted by Gasteiger charge is -2.10. The van der Waals surface area contributed by atoms with Crippen molar-refractivity contribution in [3.05, 3.63) is 20.9 Å². The fourth-order valence-electron chi connectivity index (χ4n) is 1.86. The van der Waals surface area contributed by atoms with E-state index in [4.69, 9.17) is 0 Å². The summed E-state index contributed by atoms with van der Waals surface area (Å²) in [4.78, 5) is 3.21. The molecule has 0 N–H and O–H groups in total. The van der Waals surface area contributed by atoms with Crippen LogP contribution in [0.25, 0.3) is 0 Å². The van der Waals surface area contributed by atoms with Crippen molar-refractivity contribution >= 4 is 11.3 Å². The molecule has 0 bridgehead atoms. The van der Waals surface area contributed by atoms with E-state index in [-0.39, 0.29) is 0 Å². The lowest BCUT2D eigenvalue weighted by molar-refractivity contribution is 0.694. The third-order valence-corrected chi connectivity index (χ3v) is 3.98. The van der Waals surface area contributed by atoms with Gasteiger partial charge in [0.05, 0.1) is 0 Å². The average molecular weight is 256 g/mol. The van der Waals surface area contributed by atoms with Crippen LogP contribution >= 0.6 is 11.3 Å². The molecule has 1 aromatic rings. The molecule has 1 aromatic heterocycles. The van der Waals surface area contributed by atoms with Crippen LogP contribution in [0.3, 0.4) is 0 Å².